The fourth-order valence-electron chi connectivity index (χ4n) is 2.64. The van der Waals surface area contributed by atoms with Gasteiger partial charge in [0.25, 0.3) is 0 Å². The first-order valence-electron chi connectivity index (χ1n) is 7.80. The molecule has 1 aromatic carbocycles. The number of benzene rings is 1. The zero-order valence-corrected chi connectivity index (χ0v) is 15.2. The van der Waals surface area contributed by atoms with Crippen molar-refractivity contribution in [1.29, 1.82) is 0 Å². The Kier molecular flexibility index (Phi) is 7.63. The molecule has 0 bridgehead atoms. The summed E-state index contributed by atoms with van der Waals surface area (Å²) >= 11 is 3.70. The second-order valence-corrected chi connectivity index (χ2v) is 8.05. The van der Waals surface area contributed by atoms with E-state index in [-0.39, 0.29) is 0 Å². The molecule has 22 heavy (non-hydrogen) atoms. The molecule has 1 unspecified atom stereocenters. The summed E-state index contributed by atoms with van der Waals surface area (Å²) in [5.74, 6) is 4.03. The largest absolute Gasteiger partial charge is 0.337 e. The number of rotatable bonds is 6. The van der Waals surface area contributed by atoms with Crippen molar-refractivity contribution in [2.24, 2.45) is 0 Å². The molecule has 122 valence electrons. The summed E-state index contributed by atoms with van der Waals surface area (Å²) in [5, 5.41) is 0. The first-order chi connectivity index (χ1) is 10.7. The maximum atomic E-state index is 12.6. The van der Waals surface area contributed by atoms with Crippen molar-refractivity contribution in [3.05, 3.63) is 35.9 Å². The molecule has 0 aromatic heterocycles. The van der Waals surface area contributed by atoms with Crippen LogP contribution >= 0.6 is 23.5 Å². The maximum Gasteiger partial charge on any atom is 0.232 e. The molecule has 0 spiro atoms. The maximum absolute atomic E-state index is 12.6. The van der Waals surface area contributed by atoms with Gasteiger partial charge in [-0.2, -0.15) is 11.8 Å². The lowest BCUT2D eigenvalue weighted by atomic mass is 10.2. The van der Waals surface area contributed by atoms with Crippen LogP contribution < -0.4 is 0 Å². The highest BCUT2D eigenvalue weighted by Crippen LogP contribution is 2.19. The van der Waals surface area contributed by atoms with Crippen LogP contribution in [0.4, 0.5) is 0 Å². The number of hydrogen-bond donors (Lipinski definition) is 0. The number of thioether (sulfide) groups is 2. The quantitative estimate of drug-likeness (QED) is 0.796. The standard InChI is InChI=1S/C17H26N2OS2/c1-18(2)11-16-13-21-10-6-9-19(16)17(20)14-22-12-15-7-4-3-5-8-15/h3-5,7-8,16H,6,9-14H2,1-2H3. The van der Waals surface area contributed by atoms with Gasteiger partial charge in [-0.3, -0.25) is 4.79 Å². The van der Waals surface area contributed by atoms with Crippen molar-refractivity contribution in [1.82, 2.24) is 9.80 Å². The van der Waals surface area contributed by atoms with Gasteiger partial charge in [0.2, 0.25) is 5.91 Å². The second-order valence-electron chi connectivity index (χ2n) is 5.91. The minimum absolute atomic E-state index is 0.301. The lowest BCUT2D eigenvalue weighted by Crippen LogP contribution is -2.47. The first kappa shape index (κ1) is 17.7. The van der Waals surface area contributed by atoms with Crippen LogP contribution in [0.1, 0.15) is 12.0 Å². The summed E-state index contributed by atoms with van der Waals surface area (Å²) in [6.45, 7) is 1.87. The predicted molar refractivity (Wildman–Crippen MR) is 98.6 cm³/mol. The van der Waals surface area contributed by atoms with Gasteiger partial charge in [-0.05, 0) is 31.8 Å². The summed E-state index contributed by atoms with van der Waals surface area (Å²) < 4.78 is 0. The van der Waals surface area contributed by atoms with Gasteiger partial charge in [0, 0.05) is 24.6 Å². The van der Waals surface area contributed by atoms with Gasteiger partial charge < -0.3 is 9.80 Å². The number of amides is 1. The molecule has 5 heteroatoms. The van der Waals surface area contributed by atoms with Crippen molar-refractivity contribution in [3.63, 3.8) is 0 Å². The van der Waals surface area contributed by atoms with E-state index in [0.717, 1.165) is 31.0 Å². The van der Waals surface area contributed by atoms with Crippen LogP contribution in [0.25, 0.3) is 0 Å². The van der Waals surface area contributed by atoms with E-state index in [2.05, 4.69) is 48.2 Å². The van der Waals surface area contributed by atoms with Crippen molar-refractivity contribution in [2.75, 3.05) is 44.4 Å². The molecule has 1 saturated heterocycles. The predicted octanol–water partition coefficient (Wildman–Crippen LogP) is 2.82. The molecule has 1 atom stereocenters. The highest BCUT2D eigenvalue weighted by atomic mass is 32.2. The van der Waals surface area contributed by atoms with Crippen molar-refractivity contribution < 1.29 is 4.79 Å². The Labute approximate surface area is 142 Å². The SMILES string of the molecule is CN(C)CC1CSCCCN1C(=O)CSCc1ccccc1. The third kappa shape index (κ3) is 5.86. The van der Waals surface area contributed by atoms with E-state index >= 15 is 0 Å². The van der Waals surface area contributed by atoms with E-state index in [9.17, 15) is 4.79 Å². The van der Waals surface area contributed by atoms with Gasteiger partial charge in [-0.25, -0.2) is 0 Å². The smallest absolute Gasteiger partial charge is 0.232 e. The molecular formula is C17H26N2OS2. The van der Waals surface area contributed by atoms with E-state index in [1.54, 1.807) is 11.8 Å². The number of carbonyl (C=O) groups is 1. The second kappa shape index (κ2) is 9.48. The minimum Gasteiger partial charge on any atom is -0.337 e. The summed E-state index contributed by atoms with van der Waals surface area (Å²) in [7, 11) is 4.17. The van der Waals surface area contributed by atoms with Crippen LogP contribution in [0.5, 0.6) is 0 Å². The van der Waals surface area contributed by atoms with Crippen LogP contribution in [0, 0.1) is 0 Å². The molecule has 1 amide bonds. The average molecular weight is 339 g/mol. The number of nitrogens with zero attached hydrogens (tertiary/aromatic N) is 2. The van der Waals surface area contributed by atoms with Crippen LogP contribution in [-0.4, -0.2) is 66.2 Å². The zero-order valence-electron chi connectivity index (χ0n) is 13.5. The van der Waals surface area contributed by atoms with Crippen LogP contribution in [-0.2, 0) is 10.5 Å². The molecule has 1 fully saturated rings. The summed E-state index contributed by atoms with van der Waals surface area (Å²) in [6, 6.07) is 10.7. The van der Waals surface area contributed by atoms with E-state index in [0.29, 0.717) is 17.7 Å². The number of hydrogen-bond acceptors (Lipinski definition) is 4. The van der Waals surface area contributed by atoms with Crippen LogP contribution in [0.15, 0.2) is 30.3 Å². The Morgan fingerprint density at radius 1 is 1.36 bits per heavy atom. The Morgan fingerprint density at radius 2 is 2.14 bits per heavy atom. The first-order valence-corrected chi connectivity index (χ1v) is 10.1. The van der Waals surface area contributed by atoms with E-state index < -0.39 is 0 Å². The molecule has 2 rings (SSSR count). The number of likely N-dealkylation sites (N-methyl/N-ethyl adjacent to an activating group) is 1. The summed E-state index contributed by atoms with van der Waals surface area (Å²) in [5.41, 5.74) is 1.29. The normalized spacial score (nSPS) is 19.2. The monoisotopic (exact) mass is 338 g/mol. The molecule has 0 radical (unpaired) electrons. The topological polar surface area (TPSA) is 23.6 Å². The molecule has 1 aliphatic heterocycles. The fourth-order valence-corrected chi connectivity index (χ4v) is 4.57. The Bertz CT molecular complexity index is 453. The Hall–Kier alpha value is -0.650. The highest BCUT2D eigenvalue weighted by Gasteiger charge is 2.25. The molecule has 0 saturated carbocycles. The number of carbonyl (C=O) groups excluding carboxylic acids is 1. The Balaban J connectivity index is 1.85. The lowest BCUT2D eigenvalue weighted by Gasteiger charge is -2.31. The van der Waals surface area contributed by atoms with E-state index in [1.165, 1.54) is 11.3 Å². The molecule has 1 heterocycles. The molecule has 0 aliphatic carbocycles. The highest BCUT2D eigenvalue weighted by molar-refractivity contribution is 7.99. The van der Waals surface area contributed by atoms with Crippen LogP contribution in [0.2, 0.25) is 0 Å². The van der Waals surface area contributed by atoms with Gasteiger partial charge in [0.05, 0.1) is 11.8 Å². The van der Waals surface area contributed by atoms with Crippen molar-refractivity contribution in [3.8, 4) is 0 Å². The molecule has 3 nitrogen and oxygen atoms in total. The minimum atomic E-state index is 0.301. The average Bonchev–Trinajstić information content (AvgIpc) is 2.73. The lowest BCUT2D eigenvalue weighted by molar-refractivity contribution is -0.130. The fraction of sp³-hybridized carbons (Fsp3) is 0.588. The third-order valence-corrected chi connectivity index (χ3v) is 5.86. The van der Waals surface area contributed by atoms with Crippen molar-refractivity contribution in [2.45, 2.75) is 18.2 Å². The third-order valence-electron chi connectivity index (χ3n) is 3.67. The van der Waals surface area contributed by atoms with E-state index in [1.807, 2.05) is 17.8 Å². The molecular weight excluding hydrogens is 312 g/mol. The summed E-state index contributed by atoms with van der Waals surface area (Å²) in [6.07, 6.45) is 1.11. The van der Waals surface area contributed by atoms with E-state index in [4.69, 9.17) is 0 Å². The van der Waals surface area contributed by atoms with Gasteiger partial charge >= 0.3 is 0 Å². The Morgan fingerprint density at radius 3 is 2.86 bits per heavy atom. The van der Waals surface area contributed by atoms with Gasteiger partial charge in [0.1, 0.15) is 0 Å². The summed E-state index contributed by atoms with van der Waals surface area (Å²) in [4.78, 5) is 16.9. The molecule has 0 N–H and O–H groups in total. The van der Waals surface area contributed by atoms with Crippen LogP contribution in [0.3, 0.4) is 0 Å². The molecule has 1 aliphatic rings. The van der Waals surface area contributed by atoms with Gasteiger partial charge in [-0.1, -0.05) is 30.3 Å². The molecule has 1 aromatic rings. The zero-order chi connectivity index (χ0) is 15.8. The van der Waals surface area contributed by atoms with Crippen molar-refractivity contribution >= 4 is 29.4 Å². The van der Waals surface area contributed by atoms with Gasteiger partial charge in [-0.15, -0.1) is 11.8 Å². The van der Waals surface area contributed by atoms with Gasteiger partial charge in [0.15, 0.2) is 0 Å².